The highest BCUT2D eigenvalue weighted by Gasteiger charge is 2.16. The maximum atomic E-state index is 12.4. The Labute approximate surface area is 170 Å². The maximum Gasteiger partial charge on any atom is 0.238 e. The summed E-state index contributed by atoms with van der Waals surface area (Å²) in [5.74, 6) is 0.243. The molecule has 0 unspecified atom stereocenters. The van der Waals surface area contributed by atoms with Crippen LogP contribution in [0.25, 0.3) is 0 Å². The van der Waals surface area contributed by atoms with Gasteiger partial charge in [0.15, 0.2) is 0 Å². The van der Waals surface area contributed by atoms with Gasteiger partial charge in [-0.15, -0.1) is 0 Å². The highest BCUT2D eigenvalue weighted by atomic mass is 35.5. The van der Waals surface area contributed by atoms with Crippen LogP contribution in [-0.4, -0.2) is 43.5 Å². The summed E-state index contributed by atoms with van der Waals surface area (Å²) in [5, 5.41) is 6.42. The summed E-state index contributed by atoms with van der Waals surface area (Å²) in [7, 11) is 1.55. The van der Waals surface area contributed by atoms with E-state index in [0.29, 0.717) is 23.0 Å². The van der Waals surface area contributed by atoms with Gasteiger partial charge in [0.05, 0.1) is 31.9 Å². The largest absolute Gasteiger partial charge is 0.495 e. The second kappa shape index (κ2) is 10.7. The number of nitrogens with one attached hydrogen (secondary N) is 2. The molecular formula is C21H26ClN3O3. The van der Waals surface area contributed by atoms with Crippen LogP contribution in [0.5, 0.6) is 5.75 Å². The van der Waals surface area contributed by atoms with E-state index in [4.69, 9.17) is 16.3 Å². The number of likely N-dealkylation sites (N-methyl/N-ethyl adjacent to an activating group) is 1. The van der Waals surface area contributed by atoms with Crippen molar-refractivity contribution in [1.82, 2.24) is 10.2 Å². The molecule has 6 nitrogen and oxygen atoms in total. The molecule has 0 bridgehead atoms. The molecule has 0 aromatic heterocycles. The number of halogens is 1. The van der Waals surface area contributed by atoms with E-state index in [1.54, 1.807) is 36.3 Å². The molecule has 0 saturated heterocycles. The third-order valence-electron chi connectivity index (χ3n) is 4.31. The van der Waals surface area contributed by atoms with Crippen LogP contribution in [0.2, 0.25) is 5.02 Å². The first kappa shape index (κ1) is 21.7. The van der Waals surface area contributed by atoms with Gasteiger partial charge in [0, 0.05) is 5.02 Å². The molecule has 2 N–H and O–H groups in total. The van der Waals surface area contributed by atoms with Crippen molar-refractivity contribution in [2.24, 2.45) is 0 Å². The molecule has 0 fully saturated rings. The van der Waals surface area contributed by atoms with Crippen LogP contribution in [0, 0.1) is 0 Å². The fourth-order valence-corrected chi connectivity index (χ4v) is 2.87. The Kier molecular flexibility index (Phi) is 8.29. The predicted molar refractivity (Wildman–Crippen MR) is 112 cm³/mol. The van der Waals surface area contributed by atoms with E-state index < -0.39 is 0 Å². The fourth-order valence-electron chi connectivity index (χ4n) is 2.75. The highest BCUT2D eigenvalue weighted by molar-refractivity contribution is 6.30. The minimum Gasteiger partial charge on any atom is -0.495 e. The summed E-state index contributed by atoms with van der Waals surface area (Å²) in [6.45, 7) is 4.63. The molecule has 2 aromatic carbocycles. The number of nitrogens with zero attached hydrogens (tertiary/aromatic N) is 1. The molecule has 2 amide bonds. The van der Waals surface area contributed by atoms with Crippen molar-refractivity contribution in [1.29, 1.82) is 0 Å². The molecule has 0 aliphatic rings. The molecular weight excluding hydrogens is 378 g/mol. The summed E-state index contributed by atoms with van der Waals surface area (Å²) in [5.41, 5.74) is 1.57. The lowest BCUT2D eigenvalue weighted by Crippen LogP contribution is -2.41. The number of methoxy groups -OCH3 is 1. The molecule has 2 aromatic rings. The Morgan fingerprint density at radius 1 is 1.07 bits per heavy atom. The first-order chi connectivity index (χ1) is 13.4. The standard InChI is InChI=1S/C21H26ClN3O3/c1-4-25(14-21(27)24-18-7-5-6-8-19(18)28-3)13-20(26)23-15(2)16-9-11-17(22)12-10-16/h5-12,15H,4,13-14H2,1-3H3,(H,23,26)(H,24,27)/t15-/m0/s1. The number of carbonyl (C=O) groups is 2. The summed E-state index contributed by atoms with van der Waals surface area (Å²) in [4.78, 5) is 26.5. The lowest BCUT2D eigenvalue weighted by atomic mass is 10.1. The van der Waals surface area contributed by atoms with Crippen LogP contribution in [-0.2, 0) is 9.59 Å². The Morgan fingerprint density at radius 3 is 2.36 bits per heavy atom. The van der Waals surface area contributed by atoms with E-state index in [1.807, 2.05) is 38.1 Å². The van der Waals surface area contributed by atoms with Crippen LogP contribution in [0.1, 0.15) is 25.5 Å². The van der Waals surface area contributed by atoms with Gasteiger partial charge in [-0.3, -0.25) is 14.5 Å². The van der Waals surface area contributed by atoms with Crippen LogP contribution in [0.3, 0.4) is 0 Å². The molecule has 28 heavy (non-hydrogen) atoms. The van der Waals surface area contributed by atoms with Crippen molar-refractivity contribution >= 4 is 29.1 Å². The van der Waals surface area contributed by atoms with Crippen LogP contribution < -0.4 is 15.4 Å². The lowest BCUT2D eigenvalue weighted by molar-refractivity contribution is -0.123. The van der Waals surface area contributed by atoms with E-state index in [9.17, 15) is 9.59 Å². The average Bonchev–Trinajstić information content (AvgIpc) is 2.68. The van der Waals surface area contributed by atoms with E-state index in [0.717, 1.165) is 5.56 Å². The number of ether oxygens (including phenoxy) is 1. The van der Waals surface area contributed by atoms with Crippen molar-refractivity contribution in [3.63, 3.8) is 0 Å². The van der Waals surface area contributed by atoms with Crippen LogP contribution in [0.4, 0.5) is 5.69 Å². The van der Waals surface area contributed by atoms with E-state index in [2.05, 4.69) is 10.6 Å². The Hall–Kier alpha value is -2.57. The first-order valence-corrected chi connectivity index (χ1v) is 9.50. The van der Waals surface area contributed by atoms with Gasteiger partial charge in [0.1, 0.15) is 5.75 Å². The van der Waals surface area contributed by atoms with Crippen LogP contribution in [0.15, 0.2) is 48.5 Å². The summed E-state index contributed by atoms with van der Waals surface area (Å²) >= 11 is 5.90. The lowest BCUT2D eigenvalue weighted by Gasteiger charge is -2.21. The SMILES string of the molecule is CCN(CC(=O)Nc1ccccc1OC)CC(=O)N[C@@H](C)c1ccc(Cl)cc1. The zero-order valence-electron chi connectivity index (χ0n) is 16.4. The van der Waals surface area contributed by atoms with Gasteiger partial charge < -0.3 is 15.4 Å². The van der Waals surface area contributed by atoms with Gasteiger partial charge in [-0.25, -0.2) is 0 Å². The maximum absolute atomic E-state index is 12.4. The summed E-state index contributed by atoms with van der Waals surface area (Å²) in [6.07, 6.45) is 0. The van der Waals surface area contributed by atoms with E-state index in [1.165, 1.54) is 0 Å². The number of hydrogen-bond donors (Lipinski definition) is 2. The molecule has 0 aliphatic heterocycles. The molecule has 7 heteroatoms. The van der Waals surface area contributed by atoms with Gasteiger partial charge in [0.2, 0.25) is 11.8 Å². The zero-order valence-corrected chi connectivity index (χ0v) is 17.1. The van der Waals surface area contributed by atoms with Gasteiger partial charge in [-0.2, -0.15) is 0 Å². The Bertz CT molecular complexity index is 796. The molecule has 0 spiro atoms. The van der Waals surface area contributed by atoms with Crippen molar-refractivity contribution in [2.45, 2.75) is 19.9 Å². The molecule has 0 heterocycles. The van der Waals surface area contributed by atoms with Gasteiger partial charge in [-0.1, -0.05) is 42.8 Å². The Balaban J connectivity index is 1.87. The van der Waals surface area contributed by atoms with Gasteiger partial charge >= 0.3 is 0 Å². The molecule has 2 rings (SSSR count). The number of rotatable bonds is 9. The monoisotopic (exact) mass is 403 g/mol. The quantitative estimate of drug-likeness (QED) is 0.672. The minimum atomic E-state index is -0.204. The molecule has 1 atom stereocenters. The Morgan fingerprint density at radius 2 is 1.71 bits per heavy atom. The average molecular weight is 404 g/mol. The molecule has 150 valence electrons. The number of hydrogen-bond acceptors (Lipinski definition) is 4. The third-order valence-corrected chi connectivity index (χ3v) is 4.56. The summed E-state index contributed by atoms with van der Waals surface area (Å²) in [6, 6.07) is 14.4. The predicted octanol–water partition coefficient (Wildman–Crippen LogP) is 3.49. The van der Waals surface area contributed by atoms with Gasteiger partial charge in [-0.05, 0) is 43.3 Å². The second-order valence-corrected chi connectivity index (χ2v) is 6.83. The number of carbonyl (C=O) groups excluding carboxylic acids is 2. The highest BCUT2D eigenvalue weighted by Crippen LogP contribution is 2.22. The first-order valence-electron chi connectivity index (χ1n) is 9.13. The minimum absolute atomic E-state index is 0.108. The number of amides is 2. The van der Waals surface area contributed by atoms with E-state index >= 15 is 0 Å². The zero-order chi connectivity index (χ0) is 20.5. The number of para-hydroxylation sites is 2. The molecule has 0 radical (unpaired) electrons. The third kappa shape index (κ3) is 6.55. The normalized spacial score (nSPS) is 11.8. The van der Waals surface area contributed by atoms with Crippen molar-refractivity contribution in [3.8, 4) is 5.75 Å². The number of benzene rings is 2. The fraction of sp³-hybridized carbons (Fsp3) is 0.333. The van der Waals surface area contributed by atoms with Gasteiger partial charge in [0.25, 0.3) is 0 Å². The second-order valence-electron chi connectivity index (χ2n) is 6.39. The summed E-state index contributed by atoms with van der Waals surface area (Å²) < 4.78 is 5.23. The number of anilines is 1. The smallest absolute Gasteiger partial charge is 0.238 e. The molecule has 0 saturated carbocycles. The topological polar surface area (TPSA) is 70.7 Å². The van der Waals surface area contributed by atoms with E-state index in [-0.39, 0.29) is 30.9 Å². The van der Waals surface area contributed by atoms with Crippen molar-refractivity contribution in [3.05, 3.63) is 59.1 Å². The van der Waals surface area contributed by atoms with Crippen molar-refractivity contribution in [2.75, 3.05) is 32.1 Å². The molecule has 0 aliphatic carbocycles. The van der Waals surface area contributed by atoms with Crippen LogP contribution >= 0.6 is 11.6 Å². The van der Waals surface area contributed by atoms with Crippen molar-refractivity contribution < 1.29 is 14.3 Å².